The molecule has 2 amide bonds. The molecule has 1 aliphatic carbocycles. The number of aromatic nitrogens is 2. The summed E-state index contributed by atoms with van der Waals surface area (Å²) in [7, 11) is 1.88. The number of piperidine rings is 2. The maximum atomic E-state index is 13.0. The number of likely N-dealkylation sites (tertiary alicyclic amines) is 2. The van der Waals surface area contributed by atoms with Gasteiger partial charge in [0.1, 0.15) is 5.82 Å². The lowest BCUT2D eigenvalue weighted by molar-refractivity contribution is -0.137. The fourth-order valence-electron chi connectivity index (χ4n) is 4.74. The van der Waals surface area contributed by atoms with E-state index < -0.39 is 0 Å². The molecule has 3 aliphatic rings. The summed E-state index contributed by atoms with van der Waals surface area (Å²) >= 11 is 0. The lowest BCUT2D eigenvalue weighted by Crippen LogP contribution is -2.51. The highest BCUT2D eigenvalue weighted by Crippen LogP contribution is 2.32. The molecule has 7 heteroatoms. The molecule has 4 rings (SSSR count). The first kappa shape index (κ1) is 19.4. The van der Waals surface area contributed by atoms with Crippen LogP contribution in [0.5, 0.6) is 0 Å². The number of H-pyrrole nitrogens is 1. The van der Waals surface area contributed by atoms with E-state index in [1.165, 1.54) is 0 Å². The molecule has 1 saturated carbocycles. The van der Waals surface area contributed by atoms with Gasteiger partial charge < -0.3 is 14.8 Å². The zero-order valence-electron chi connectivity index (χ0n) is 17.2. The van der Waals surface area contributed by atoms with Gasteiger partial charge in [-0.25, -0.2) is 4.98 Å². The van der Waals surface area contributed by atoms with E-state index in [1.54, 1.807) is 6.20 Å². The van der Waals surface area contributed by atoms with Gasteiger partial charge in [0.2, 0.25) is 11.8 Å². The molecule has 1 aromatic rings. The molecular weight excluding hydrogens is 354 g/mol. The van der Waals surface area contributed by atoms with Crippen molar-refractivity contribution in [1.29, 1.82) is 0 Å². The van der Waals surface area contributed by atoms with Crippen molar-refractivity contribution in [2.24, 2.45) is 11.8 Å². The predicted octanol–water partition coefficient (Wildman–Crippen LogP) is 1.79. The standard InChI is InChI=1S/C21H33N5O2/c1-15-12-22-19(23-15)14-24(2)20(27)17-4-3-9-26(13-17)18-7-10-25(11-8-18)21(28)16-5-6-16/h12,16-18H,3-11,13-14H2,1-2H3,(H,22,23)/t17-/m0/s1. The Kier molecular flexibility index (Phi) is 5.71. The van der Waals surface area contributed by atoms with Crippen LogP contribution >= 0.6 is 0 Å². The zero-order chi connectivity index (χ0) is 19.7. The van der Waals surface area contributed by atoms with Crippen molar-refractivity contribution in [2.75, 3.05) is 33.2 Å². The molecular formula is C21H33N5O2. The Bertz CT molecular complexity index is 705. The van der Waals surface area contributed by atoms with Gasteiger partial charge in [0, 0.05) is 50.5 Å². The van der Waals surface area contributed by atoms with Gasteiger partial charge in [0.15, 0.2) is 0 Å². The Morgan fingerprint density at radius 1 is 1.14 bits per heavy atom. The number of aromatic amines is 1. The number of hydrogen-bond acceptors (Lipinski definition) is 4. The van der Waals surface area contributed by atoms with Crippen LogP contribution in [0, 0.1) is 18.8 Å². The number of amides is 2. The molecule has 0 aromatic carbocycles. The summed E-state index contributed by atoms with van der Waals surface area (Å²) in [5.41, 5.74) is 1.02. The average molecular weight is 388 g/mol. The maximum absolute atomic E-state index is 13.0. The first-order chi connectivity index (χ1) is 13.5. The highest BCUT2D eigenvalue weighted by Gasteiger charge is 2.37. The molecule has 154 valence electrons. The van der Waals surface area contributed by atoms with Crippen LogP contribution in [0.2, 0.25) is 0 Å². The van der Waals surface area contributed by atoms with Crippen LogP contribution in [0.4, 0.5) is 0 Å². The van der Waals surface area contributed by atoms with Gasteiger partial charge in [-0.15, -0.1) is 0 Å². The molecule has 0 radical (unpaired) electrons. The summed E-state index contributed by atoms with van der Waals surface area (Å²) in [6.45, 7) is 6.19. The second kappa shape index (κ2) is 8.23. The minimum Gasteiger partial charge on any atom is -0.345 e. The number of rotatable bonds is 5. The van der Waals surface area contributed by atoms with E-state index in [0.29, 0.717) is 24.4 Å². The molecule has 2 saturated heterocycles. The maximum Gasteiger partial charge on any atom is 0.227 e. The monoisotopic (exact) mass is 387 g/mol. The van der Waals surface area contributed by atoms with Crippen LogP contribution in [0.15, 0.2) is 6.20 Å². The second-order valence-corrected chi connectivity index (χ2v) is 8.87. The summed E-state index contributed by atoms with van der Waals surface area (Å²) in [4.78, 5) is 39.1. The number of carbonyl (C=O) groups excluding carboxylic acids is 2. The molecule has 3 heterocycles. The van der Waals surface area contributed by atoms with Gasteiger partial charge >= 0.3 is 0 Å². The van der Waals surface area contributed by atoms with E-state index in [1.807, 2.05) is 18.9 Å². The number of nitrogens with one attached hydrogen (secondary N) is 1. The summed E-state index contributed by atoms with van der Waals surface area (Å²) in [5, 5.41) is 0. The van der Waals surface area contributed by atoms with Gasteiger partial charge in [-0.2, -0.15) is 0 Å². The second-order valence-electron chi connectivity index (χ2n) is 8.87. The summed E-state index contributed by atoms with van der Waals surface area (Å²) < 4.78 is 0. The number of imidazole rings is 1. The summed E-state index contributed by atoms with van der Waals surface area (Å²) in [6, 6.07) is 0.511. The molecule has 28 heavy (non-hydrogen) atoms. The van der Waals surface area contributed by atoms with E-state index in [2.05, 4.69) is 19.8 Å². The fourth-order valence-corrected chi connectivity index (χ4v) is 4.74. The lowest BCUT2D eigenvalue weighted by atomic mass is 9.93. The molecule has 1 N–H and O–H groups in total. The largest absolute Gasteiger partial charge is 0.345 e. The van der Waals surface area contributed by atoms with Crippen LogP contribution in [0.25, 0.3) is 0 Å². The third-order valence-corrected chi connectivity index (χ3v) is 6.54. The Labute approximate surface area is 167 Å². The molecule has 1 aromatic heterocycles. The minimum atomic E-state index is 0.0703. The van der Waals surface area contributed by atoms with Gasteiger partial charge in [0.05, 0.1) is 12.5 Å². The topological polar surface area (TPSA) is 72.5 Å². The molecule has 0 unspecified atom stereocenters. The molecule has 3 fully saturated rings. The Hall–Kier alpha value is -1.89. The Morgan fingerprint density at radius 2 is 1.89 bits per heavy atom. The van der Waals surface area contributed by atoms with Crippen LogP contribution < -0.4 is 0 Å². The normalized spacial score (nSPS) is 24.4. The fraction of sp³-hybridized carbons (Fsp3) is 0.762. The van der Waals surface area contributed by atoms with E-state index in [9.17, 15) is 9.59 Å². The van der Waals surface area contributed by atoms with E-state index in [0.717, 1.165) is 76.2 Å². The van der Waals surface area contributed by atoms with Crippen molar-refractivity contribution in [1.82, 2.24) is 24.7 Å². The van der Waals surface area contributed by atoms with Crippen LogP contribution in [-0.4, -0.2) is 75.8 Å². The first-order valence-electron chi connectivity index (χ1n) is 10.8. The van der Waals surface area contributed by atoms with Crippen molar-refractivity contribution < 1.29 is 9.59 Å². The number of carbonyl (C=O) groups is 2. The summed E-state index contributed by atoms with van der Waals surface area (Å²) in [5.74, 6) is 1.83. The van der Waals surface area contributed by atoms with Crippen molar-refractivity contribution in [3.05, 3.63) is 17.7 Å². The van der Waals surface area contributed by atoms with Crippen molar-refractivity contribution in [3.63, 3.8) is 0 Å². The first-order valence-corrected chi connectivity index (χ1v) is 10.8. The quantitative estimate of drug-likeness (QED) is 0.836. The van der Waals surface area contributed by atoms with Gasteiger partial charge in [-0.1, -0.05) is 0 Å². The number of aryl methyl sites for hydroxylation is 1. The number of nitrogens with zero attached hydrogens (tertiary/aromatic N) is 4. The van der Waals surface area contributed by atoms with Gasteiger partial charge in [0.25, 0.3) is 0 Å². The van der Waals surface area contributed by atoms with E-state index >= 15 is 0 Å². The Balaban J connectivity index is 1.27. The van der Waals surface area contributed by atoms with Gasteiger partial charge in [-0.05, 0) is 52.0 Å². The third-order valence-electron chi connectivity index (χ3n) is 6.54. The SMILES string of the molecule is Cc1cnc(CN(C)C(=O)[C@H]2CCCN(C3CCN(C(=O)C4CC4)CC3)C2)[nH]1. The van der Waals surface area contributed by atoms with Crippen molar-refractivity contribution in [3.8, 4) is 0 Å². The lowest BCUT2D eigenvalue weighted by Gasteiger charge is -2.42. The van der Waals surface area contributed by atoms with E-state index in [-0.39, 0.29) is 11.8 Å². The Morgan fingerprint density at radius 3 is 2.54 bits per heavy atom. The number of hydrogen-bond donors (Lipinski definition) is 1. The third kappa shape index (κ3) is 4.40. The van der Waals surface area contributed by atoms with Gasteiger partial charge in [-0.3, -0.25) is 14.5 Å². The van der Waals surface area contributed by atoms with Crippen LogP contribution in [0.1, 0.15) is 50.0 Å². The van der Waals surface area contributed by atoms with Crippen LogP contribution in [-0.2, 0) is 16.1 Å². The highest BCUT2D eigenvalue weighted by molar-refractivity contribution is 5.81. The molecule has 1 atom stereocenters. The minimum absolute atomic E-state index is 0.0703. The van der Waals surface area contributed by atoms with Crippen molar-refractivity contribution in [2.45, 2.75) is 58.0 Å². The molecule has 2 aliphatic heterocycles. The van der Waals surface area contributed by atoms with Crippen molar-refractivity contribution >= 4 is 11.8 Å². The smallest absolute Gasteiger partial charge is 0.227 e. The highest BCUT2D eigenvalue weighted by atomic mass is 16.2. The molecule has 0 spiro atoms. The molecule has 0 bridgehead atoms. The zero-order valence-corrected chi connectivity index (χ0v) is 17.2. The summed E-state index contributed by atoms with van der Waals surface area (Å²) in [6.07, 6.45) is 8.10. The average Bonchev–Trinajstić information content (AvgIpc) is 3.49. The molecule has 7 nitrogen and oxygen atoms in total. The van der Waals surface area contributed by atoms with Crippen LogP contribution in [0.3, 0.4) is 0 Å². The predicted molar refractivity (Wildman–Crippen MR) is 106 cm³/mol. The van der Waals surface area contributed by atoms with E-state index in [4.69, 9.17) is 0 Å².